The molecule has 4 rings (SSSR count). The summed E-state index contributed by atoms with van der Waals surface area (Å²) in [4.78, 5) is 35.5. The van der Waals surface area contributed by atoms with Crippen LogP contribution < -0.4 is 10.6 Å². The average molecular weight is 406 g/mol. The van der Waals surface area contributed by atoms with Gasteiger partial charge in [0.1, 0.15) is 5.75 Å². The van der Waals surface area contributed by atoms with Gasteiger partial charge < -0.3 is 10.4 Å². The van der Waals surface area contributed by atoms with Crippen molar-refractivity contribution in [2.75, 3.05) is 5.32 Å². The lowest BCUT2D eigenvalue weighted by Crippen LogP contribution is -2.25. The molecule has 3 aromatic rings. The molecule has 0 aromatic heterocycles. The summed E-state index contributed by atoms with van der Waals surface area (Å²) in [6.07, 6.45) is 0.500. The predicted octanol–water partition coefficient (Wildman–Crippen LogP) is 3.62. The van der Waals surface area contributed by atoms with E-state index in [0.717, 1.165) is 33.7 Å². The van der Waals surface area contributed by atoms with E-state index < -0.39 is 5.25 Å². The van der Waals surface area contributed by atoms with Gasteiger partial charge in [-0.05, 0) is 40.5 Å². The minimum absolute atomic E-state index is 0.0554. The van der Waals surface area contributed by atoms with Crippen LogP contribution in [-0.4, -0.2) is 27.4 Å². The minimum Gasteiger partial charge on any atom is -0.506 e. The Morgan fingerprint density at radius 1 is 1.00 bits per heavy atom. The molecule has 1 aliphatic heterocycles. The van der Waals surface area contributed by atoms with Crippen LogP contribution >= 0.6 is 11.8 Å². The van der Waals surface area contributed by atoms with Crippen LogP contribution in [0.2, 0.25) is 0 Å². The number of hydrogen-bond donors (Lipinski definition) is 3. The first-order chi connectivity index (χ1) is 14.0. The van der Waals surface area contributed by atoms with Crippen molar-refractivity contribution in [3.8, 4) is 5.75 Å². The number of rotatable bonds is 5. The summed E-state index contributed by atoms with van der Waals surface area (Å²) in [7, 11) is 0. The number of nitrogens with one attached hydrogen (secondary N) is 2. The Balaban J connectivity index is 1.45. The molecular formula is C22H18N2O4S. The van der Waals surface area contributed by atoms with Gasteiger partial charge >= 0.3 is 0 Å². The number of carbonyl (C=O) groups is 3. The molecule has 146 valence electrons. The van der Waals surface area contributed by atoms with Gasteiger partial charge in [0.15, 0.2) is 0 Å². The Morgan fingerprint density at radius 3 is 2.52 bits per heavy atom. The average Bonchev–Trinajstić information content (AvgIpc) is 3.01. The number of phenols is 1. The standard InChI is InChI=1S/C22H18N2O4S/c25-18-8-6-14(11-19-21(27)24-22(28)29-19)10-17(18)23-20(26)12-13-5-7-15-3-1-2-4-16(15)9-13/h1-10,19,25H,11-12H2,(H,23,26)(H,24,27,28). The molecule has 0 radical (unpaired) electrons. The highest BCUT2D eigenvalue weighted by atomic mass is 32.2. The number of benzene rings is 3. The monoisotopic (exact) mass is 406 g/mol. The molecule has 0 saturated carbocycles. The van der Waals surface area contributed by atoms with Crippen LogP contribution in [0.5, 0.6) is 5.75 Å². The molecule has 1 fully saturated rings. The Hall–Kier alpha value is -3.32. The molecule has 1 heterocycles. The summed E-state index contributed by atoms with van der Waals surface area (Å²) < 4.78 is 0. The van der Waals surface area contributed by atoms with Crippen LogP contribution in [0.15, 0.2) is 60.7 Å². The fourth-order valence-corrected chi connectivity index (χ4v) is 4.14. The third-order valence-electron chi connectivity index (χ3n) is 4.70. The fraction of sp³-hybridized carbons (Fsp3) is 0.136. The molecule has 1 aliphatic rings. The normalized spacial score (nSPS) is 16.1. The first-order valence-electron chi connectivity index (χ1n) is 9.09. The Morgan fingerprint density at radius 2 is 1.76 bits per heavy atom. The molecule has 7 heteroatoms. The highest BCUT2D eigenvalue weighted by Crippen LogP contribution is 2.28. The second-order valence-corrected chi connectivity index (χ2v) is 8.02. The maximum Gasteiger partial charge on any atom is 0.286 e. The van der Waals surface area contributed by atoms with Crippen molar-refractivity contribution >= 4 is 45.3 Å². The van der Waals surface area contributed by atoms with E-state index in [-0.39, 0.29) is 34.9 Å². The van der Waals surface area contributed by atoms with Crippen LogP contribution in [0.25, 0.3) is 10.8 Å². The molecular weight excluding hydrogens is 388 g/mol. The Labute approximate surface area is 171 Å². The van der Waals surface area contributed by atoms with Crippen molar-refractivity contribution in [3.05, 3.63) is 71.8 Å². The third-order valence-corrected chi connectivity index (χ3v) is 5.68. The van der Waals surface area contributed by atoms with Crippen LogP contribution in [0.1, 0.15) is 11.1 Å². The number of hydrogen-bond acceptors (Lipinski definition) is 5. The number of thioether (sulfide) groups is 1. The molecule has 1 atom stereocenters. The van der Waals surface area contributed by atoms with Gasteiger partial charge in [-0.2, -0.15) is 0 Å². The molecule has 6 nitrogen and oxygen atoms in total. The summed E-state index contributed by atoms with van der Waals surface area (Å²) in [5.74, 6) is -0.633. The van der Waals surface area contributed by atoms with Crippen molar-refractivity contribution in [2.45, 2.75) is 18.1 Å². The molecule has 3 amide bonds. The first kappa shape index (κ1) is 19.0. The molecule has 0 bridgehead atoms. The maximum atomic E-state index is 12.5. The second kappa shape index (κ2) is 7.97. The van der Waals surface area contributed by atoms with Gasteiger partial charge in [-0.3, -0.25) is 19.7 Å². The lowest BCUT2D eigenvalue weighted by molar-refractivity contribution is -0.119. The minimum atomic E-state index is -0.506. The van der Waals surface area contributed by atoms with Crippen molar-refractivity contribution < 1.29 is 19.5 Å². The summed E-state index contributed by atoms with van der Waals surface area (Å²) in [5, 5.41) is 16.4. The smallest absolute Gasteiger partial charge is 0.286 e. The SMILES string of the molecule is O=C(Cc1ccc2ccccc2c1)Nc1cc(CC2SC(=O)NC2=O)ccc1O. The predicted molar refractivity (Wildman–Crippen MR) is 113 cm³/mol. The molecule has 0 spiro atoms. The highest BCUT2D eigenvalue weighted by molar-refractivity contribution is 8.15. The number of anilines is 1. The zero-order valence-corrected chi connectivity index (χ0v) is 16.2. The molecule has 0 aliphatic carbocycles. The van der Waals surface area contributed by atoms with E-state index in [2.05, 4.69) is 10.6 Å². The molecule has 1 unspecified atom stereocenters. The fourth-order valence-electron chi connectivity index (χ4n) is 3.28. The lowest BCUT2D eigenvalue weighted by Gasteiger charge is -2.11. The van der Waals surface area contributed by atoms with E-state index in [1.165, 1.54) is 6.07 Å². The largest absolute Gasteiger partial charge is 0.506 e. The van der Waals surface area contributed by atoms with E-state index in [4.69, 9.17) is 0 Å². The summed E-state index contributed by atoms with van der Waals surface area (Å²) >= 11 is 0.946. The number of amides is 3. The maximum absolute atomic E-state index is 12.5. The topological polar surface area (TPSA) is 95.5 Å². The van der Waals surface area contributed by atoms with E-state index in [9.17, 15) is 19.5 Å². The number of carbonyl (C=O) groups excluding carboxylic acids is 3. The Kier molecular flexibility index (Phi) is 5.22. The number of fused-ring (bicyclic) bond motifs is 1. The van der Waals surface area contributed by atoms with Crippen molar-refractivity contribution in [3.63, 3.8) is 0 Å². The second-order valence-electron chi connectivity index (χ2n) is 6.85. The van der Waals surface area contributed by atoms with Gasteiger partial charge in [0.25, 0.3) is 5.24 Å². The first-order valence-corrected chi connectivity index (χ1v) is 9.97. The van der Waals surface area contributed by atoms with Crippen LogP contribution in [0, 0.1) is 0 Å². The number of aromatic hydroxyl groups is 1. The molecule has 29 heavy (non-hydrogen) atoms. The quantitative estimate of drug-likeness (QED) is 0.563. The van der Waals surface area contributed by atoms with E-state index >= 15 is 0 Å². The molecule has 1 saturated heterocycles. The van der Waals surface area contributed by atoms with Gasteiger partial charge in [-0.15, -0.1) is 0 Å². The third kappa shape index (κ3) is 4.41. The van der Waals surface area contributed by atoms with E-state index in [1.54, 1.807) is 12.1 Å². The number of phenolic OH excluding ortho intramolecular Hbond substituents is 1. The van der Waals surface area contributed by atoms with Crippen molar-refractivity contribution in [2.24, 2.45) is 0 Å². The zero-order valence-electron chi connectivity index (χ0n) is 15.3. The summed E-state index contributed by atoms with van der Waals surface area (Å²) in [5.41, 5.74) is 1.89. The highest BCUT2D eigenvalue weighted by Gasteiger charge is 2.31. The van der Waals surface area contributed by atoms with Crippen molar-refractivity contribution in [1.82, 2.24) is 5.32 Å². The van der Waals surface area contributed by atoms with Gasteiger partial charge in [0.2, 0.25) is 11.8 Å². The Bertz CT molecular complexity index is 1130. The zero-order chi connectivity index (χ0) is 20.4. The molecule has 3 N–H and O–H groups in total. The number of imide groups is 1. The summed E-state index contributed by atoms with van der Waals surface area (Å²) in [6.45, 7) is 0. The van der Waals surface area contributed by atoms with Gasteiger partial charge in [0, 0.05) is 0 Å². The van der Waals surface area contributed by atoms with Crippen molar-refractivity contribution in [1.29, 1.82) is 0 Å². The van der Waals surface area contributed by atoms with Crippen LogP contribution in [-0.2, 0) is 22.4 Å². The van der Waals surface area contributed by atoms with Gasteiger partial charge in [0.05, 0.1) is 17.4 Å². The van der Waals surface area contributed by atoms with Crippen LogP contribution in [0.3, 0.4) is 0 Å². The van der Waals surface area contributed by atoms with Crippen LogP contribution in [0.4, 0.5) is 10.5 Å². The van der Waals surface area contributed by atoms with Gasteiger partial charge in [-0.1, -0.05) is 60.3 Å². The molecule has 3 aromatic carbocycles. The van der Waals surface area contributed by atoms with Gasteiger partial charge in [-0.25, -0.2) is 0 Å². The lowest BCUT2D eigenvalue weighted by atomic mass is 10.0. The van der Waals surface area contributed by atoms with E-state index in [0.29, 0.717) is 6.42 Å². The van der Waals surface area contributed by atoms with E-state index in [1.807, 2.05) is 42.5 Å². The summed E-state index contributed by atoms with van der Waals surface area (Å²) in [6, 6.07) is 18.5.